The molecule has 3 saturated heterocycles. The SMILES string of the molecule is OC[C@H]1O[C@H](O[C@@H]2[C@@H](O)[C@H](O[C@H]3C(O)O[C@H](CO)[C@@H](O)[C@@H]3O)O[C@H](CO)[C@H]2O)[C@H](O)[C@@H](O)[C@@H]1O. The maximum absolute atomic E-state index is 10.7. The molecule has 16 nitrogen and oxygen atoms in total. The van der Waals surface area contributed by atoms with Crippen molar-refractivity contribution in [3.63, 3.8) is 0 Å². The van der Waals surface area contributed by atoms with Gasteiger partial charge in [0.2, 0.25) is 0 Å². The minimum absolute atomic E-state index is 0.724. The van der Waals surface area contributed by atoms with Crippen LogP contribution in [0.2, 0.25) is 0 Å². The van der Waals surface area contributed by atoms with E-state index in [4.69, 9.17) is 28.8 Å². The maximum Gasteiger partial charge on any atom is 0.187 e. The number of aliphatic hydroxyl groups is 11. The van der Waals surface area contributed by atoms with Crippen molar-refractivity contribution in [1.29, 1.82) is 0 Å². The van der Waals surface area contributed by atoms with Gasteiger partial charge in [0.25, 0.3) is 0 Å². The molecule has 0 aromatic rings. The first-order valence-electron chi connectivity index (χ1n) is 10.6. The molecule has 3 rings (SSSR count). The molecule has 3 aliphatic heterocycles. The number of ether oxygens (including phenoxy) is 5. The van der Waals surface area contributed by atoms with E-state index < -0.39 is 112 Å². The van der Waals surface area contributed by atoms with Crippen molar-refractivity contribution in [2.45, 2.75) is 92.1 Å². The first-order chi connectivity index (χ1) is 16.0. The van der Waals surface area contributed by atoms with Crippen LogP contribution in [-0.2, 0) is 23.7 Å². The third kappa shape index (κ3) is 5.37. The quantitative estimate of drug-likeness (QED) is 0.154. The first kappa shape index (κ1) is 27.9. The summed E-state index contributed by atoms with van der Waals surface area (Å²) < 4.78 is 26.2. The second kappa shape index (κ2) is 11.6. The molecule has 16 heteroatoms. The van der Waals surface area contributed by atoms with Crippen LogP contribution in [0.1, 0.15) is 0 Å². The zero-order valence-corrected chi connectivity index (χ0v) is 17.7. The Morgan fingerprint density at radius 3 is 1.44 bits per heavy atom. The molecule has 11 N–H and O–H groups in total. The molecule has 15 atom stereocenters. The van der Waals surface area contributed by atoms with Gasteiger partial charge < -0.3 is 79.9 Å². The second-order valence-corrected chi connectivity index (χ2v) is 8.33. The van der Waals surface area contributed by atoms with Gasteiger partial charge in [-0.3, -0.25) is 0 Å². The van der Waals surface area contributed by atoms with Gasteiger partial charge in [-0.25, -0.2) is 0 Å². The van der Waals surface area contributed by atoms with Gasteiger partial charge in [0, 0.05) is 0 Å². The summed E-state index contributed by atoms with van der Waals surface area (Å²) in [6, 6.07) is 0. The van der Waals surface area contributed by atoms with Crippen LogP contribution in [0.15, 0.2) is 0 Å². The molecular formula is C18H32O16. The lowest BCUT2D eigenvalue weighted by Gasteiger charge is -2.47. The number of hydrogen-bond donors (Lipinski definition) is 11. The predicted molar refractivity (Wildman–Crippen MR) is 101 cm³/mol. The van der Waals surface area contributed by atoms with Gasteiger partial charge in [-0.05, 0) is 0 Å². The van der Waals surface area contributed by atoms with E-state index in [0.717, 1.165) is 0 Å². The zero-order chi connectivity index (χ0) is 25.3. The van der Waals surface area contributed by atoms with E-state index in [9.17, 15) is 51.1 Å². The molecule has 0 aromatic heterocycles. The van der Waals surface area contributed by atoms with E-state index in [1.54, 1.807) is 0 Å². The molecule has 0 aromatic carbocycles. The zero-order valence-electron chi connectivity index (χ0n) is 17.7. The van der Waals surface area contributed by atoms with Crippen molar-refractivity contribution in [3.05, 3.63) is 0 Å². The van der Waals surface area contributed by atoms with Crippen molar-refractivity contribution in [2.24, 2.45) is 0 Å². The highest BCUT2D eigenvalue weighted by Crippen LogP contribution is 2.32. The summed E-state index contributed by atoms with van der Waals surface area (Å²) in [5, 5.41) is 110. The number of rotatable bonds is 7. The molecule has 0 saturated carbocycles. The summed E-state index contributed by atoms with van der Waals surface area (Å²) in [6.07, 6.45) is -25.5. The van der Waals surface area contributed by atoms with E-state index in [1.807, 2.05) is 0 Å². The van der Waals surface area contributed by atoms with E-state index >= 15 is 0 Å². The highest BCUT2D eigenvalue weighted by atomic mass is 16.8. The smallest absolute Gasteiger partial charge is 0.187 e. The largest absolute Gasteiger partial charge is 0.394 e. The van der Waals surface area contributed by atoms with E-state index in [-0.39, 0.29) is 0 Å². The van der Waals surface area contributed by atoms with Crippen molar-refractivity contribution >= 4 is 0 Å². The molecule has 0 spiro atoms. The van der Waals surface area contributed by atoms with Gasteiger partial charge in [-0.15, -0.1) is 0 Å². The Morgan fingerprint density at radius 2 is 0.882 bits per heavy atom. The molecule has 0 radical (unpaired) electrons. The van der Waals surface area contributed by atoms with Crippen LogP contribution in [0.5, 0.6) is 0 Å². The van der Waals surface area contributed by atoms with Gasteiger partial charge in [0.1, 0.15) is 73.2 Å². The minimum atomic E-state index is -1.92. The summed E-state index contributed by atoms with van der Waals surface area (Å²) >= 11 is 0. The van der Waals surface area contributed by atoms with Crippen LogP contribution in [0.3, 0.4) is 0 Å². The Balaban J connectivity index is 1.76. The van der Waals surface area contributed by atoms with Crippen molar-refractivity contribution in [1.82, 2.24) is 0 Å². The lowest BCUT2D eigenvalue weighted by atomic mass is 9.96. The molecule has 34 heavy (non-hydrogen) atoms. The van der Waals surface area contributed by atoms with Gasteiger partial charge in [0.05, 0.1) is 19.8 Å². The Bertz CT molecular complexity index is 639. The summed E-state index contributed by atoms with van der Waals surface area (Å²) in [5.74, 6) is 0. The lowest BCUT2D eigenvalue weighted by Crippen LogP contribution is -2.66. The molecule has 0 amide bonds. The average molecular weight is 504 g/mol. The lowest BCUT2D eigenvalue weighted by molar-refractivity contribution is -0.382. The minimum Gasteiger partial charge on any atom is -0.394 e. The Labute approximate surface area is 192 Å². The molecule has 3 heterocycles. The summed E-state index contributed by atoms with van der Waals surface area (Å²) in [6.45, 7) is -2.30. The Morgan fingerprint density at radius 1 is 0.441 bits per heavy atom. The summed E-state index contributed by atoms with van der Waals surface area (Å²) in [4.78, 5) is 0. The van der Waals surface area contributed by atoms with Gasteiger partial charge in [-0.2, -0.15) is 0 Å². The van der Waals surface area contributed by atoms with Crippen LogP contribution in [0.4, 0.5) is 0 Å². The van der Waals surface area contributed by atoms with Crippen molar-refractivity contribution in [3.8, 4) is 0 Å². The van der Waals surface area contributed by atoms with Crippen molar-refractivity contribution < 1.29 is 79.9 Å². The fourth-order valence-electron chi connectivity index (χ4n) is 4.03. The first-order valence-corrected chi connectivity index (χ1v) is 10.6. The molecular weight excluding hydrogens is 472 g/mol. The van der Waals surface area contributed by atoms with Crippen LogP contribution in [-0.4, -0.2) is 168 Å². The normalized spacial score (nSPS) is 52.5. The molecule has 200 valence electrons. The monoisotopic (exact) mass is 504 g/mol. The standard InChI is InChI=1S/C18H32O16/c19-1-4-8(23)11(26)15(16(29)30-4)34-18-13(28)14(9(24)6(3-21)32-18)33-17-12(27)10(25)7(22)5(2-20)31-17/h4-29H,1-3H2/t4-,5-,6-,7-,8-,9-,10+,11+,12-,13-,14+,15-,16?,17-,18+/m1/s1. The summed E-state index contributed by atoms with van der Waals surface area (Å²) in [5.41, 5.74) is 0. The third-order valence-corrected chi connectivity index (χ3v) is 6.10. The van der Waals surface area contributed by atoms with E-state index in [0.29, 0.717) is 0 Å². The fourth-order valence-corrected chi connectivity index (χ4v) is 4.03. The Hall–Kier alpha value is -0.640. The van der Waals surface area contributed by atoms with E-state index in [1.165, 1.54) is 0 Å². The second-order valence-electron chi connectivity index (χ2n) is 8.33. The number of hydrogen-bond acceptors (Lipinski definition) is 16. The maximum atomic E-state index is 10.7. The van der Waals surface area contributed by atoms with E-state index in [2.05, 4.69) is 0 Å². The topological polar surface area (TPSA) is 269 Å². The van der Waals surface area contributed by atoms with Crippen LogP contribution < -0.4 is 0 Å². The van der Waals surface area contributed by atoms with Crippen LogP contribution >= 0.6 is 0 Å². The van der Waals surface area contributed by atoms with Gasteiger partial charge in [-0.1, -0.05) is 0 Å². The van der Waals surface area contributed by atoms with Crippen LogP contribution in [0, 0.1) is 0 Å². The molecule has 0 aliphatic carbocycles. The van der Waals surface area contributed by atoms with Crippen molar-refractivity contribution in [2.75, 3.05) is 19.8 Å². The Kier molecular flexibility index (Phi) is 9.54. The molecule has 0 bridgehead atoms. The molecule has 3 aliphatic rings. The van der Waals surface area contributed by atoms with Crippen LogP contribution in [0.25, 0.3) is 0 Å². The summed E-state index contributed by atoms with van der Waals surface area (Å²) in [7, 11) is 0. The third-order valence-electron chi connectivity index (χ3n) is 6.10. The average Bonchev–Trinajstić information content (AvgIpc) is 2.82. The molecule has 3 fully saturated rings. The fraction of sp³-hybridized carbons (Fsp3) is 1.00. The number of aliphatic hydroxyl groups excluding tert-OH is 11. The highest BCUT2D eigenvalue weighted by molar-refractivity contribution is 4.96. The predicted octanol–water partition coefficient (Wildman–Crippen LogP) is -7.57. The van der Waals surface area contributed by atoms with Gasteiger partial charge >= 0.3 is 0 Å². The highest BCUT2D eigenvalue weighted by Gasteiger charge is 2.53. The van der Waals surface area contributed by atoms with Gasteiger partial charge in [0.15, 0.2) is 18.9 Å². The molecule has 1 unspecified atom stereocenters.